The van der Waals surface area contributed by atoms with E-state index in [2.05, 4.69) is 147 Å². The Morgan fingerprint density at radius 2 is 0.796 bits per heavy atom. The van der Waals surface area contributed by atoms with Gasteiger partial charge in [-0.3, -0.25) is 10.1 Å². The van der Waals surface area contributed by atoms with E-state index in [0.717, 1.165) is 87.7 Å². The summed E-state index contributed by atoms with van der Waals surface area (Å²) in [6.07, 6.45) is 8.37. The van der Waals surface area contributed by atoms with Crippen molar-refractivity contribution in [3.8, 4) is 44.5 Å². The maximum absolute atomic E-state index is 11.6. The molecule has 8 bridgehead atoms. The van der Waals surface area contributed by atoms with E-state index < -0.39 is 0 Å². The zero-order valence-corrected chi connectivity index (χ0v) is 30.7. The third-order valence-corrected chi connectivity index (χ3v) is 11.1. The number of aryl methyl sites for hydroxylation is 3. The van der Waals surface area contributed by atoms with Crippen molar-refractivity contribution in [1.82, 2.24) is 15.0 Å². The quantitative estimate of drug-likeness (QED) is 0.142. The molecule has 0 spiro atoms. The van der Waals surface area contributed by atoms with Crippen molar-refractivity contribution in [2.24, 2.45) is 0 Å². The van der Waals surface area contributed by atoms with E-state index in [-0.39, 0.29) is 10.6 Å². The van der Waals surface area contributed by atoms with E-state index in [1.807, 2.05) is 12.1 Å². The van der Waals surface area contributed by atoms with Crippen LogP contribution in [0, 0.1) is 30.9 Å². The Morgan fingerprint density at radius 3 is 1.17 bits per heavy atom. The summed E-state index contributed by atoms with van der Waals surface area (Å²) in [6, 6.07) is 41.1. The van der Waals surface area contributed by atoms with Gasteiger partial charge in [0.2, 0.25) is 0 Å². The van der Waals surface area contributed by atoms with Gasteiger partial charge in [0.05, 0.1) is 27.7 Å². The zero-order valence-electron chi connectivity index (χ0n) is 29.9. The van der Waals surface area contributed by atoms with Crippen LogP contribution in [-0.4, -0.2) is 19.9 Å². The lowest BCUT2D eigenvalue weighted by Gasteiger charge is -2.07. The zero-order chi connectivity index (χ0) is 36.9. The van der Waals surface area contributed by atoms with Gasteiger partial charge in [-0.25, -0.2) is 9.97 Å². The second kappa shape index (κ2) is 13.4. The van der Waals surface area contributed by atoms with Crippen LogP contribution in [0.1, 0.15) is 39.5 Å². The van der Waals surface area contributed by atoms with Crippen LogP contribution in [0.2, 0.25) is 0 Å². The number of aromatic amines is 1. The molecule has 5 heterocycles. The number of thiophene rings is 1. The number of H-pyrrole nitrogens is 1. The third-order valence-electron chi connectivity index (χ3n) is 10.0. The number of non-ortho nitro benzene ring substituents is 1. The van der Waals surface area contributed by atoms with Gasteiger partial charge in [0.25, 0.3) is 5.69 Å². The number of aromatic nitrogens is 3. The normalized spacial score (nSPS) is 12.0. The Labute approximate surface area is 316 Å². The molecule has 0 fully saturated rings. The number of fused-ring (bicyclic) bond motifs is 8. The molecule has 7 heteroatoms. The second-order valence-electron chi connectivity index (χ2n) is 13.8. The Bertz CT molecular complexity index is 2800. The molecule has 1 N–H and O–H groups in total. The first-order valence-electron chi connectivity index (χ1n) is 17.8. The molecule has 0 radical (unpaired) electrons. The fourth-order valence-electron chi connectivity index (χ4n) is 7.20. The van der Waals surface area contributed by atoms with E-state index in [4.69, 9.17) is 9.97 Å². The highest BCUT2D eigenvalue weighted by Crippen LogP contribution is 2.41. The first kappa shape index (κ1) is 33.2. The van der Waals surface area contributed by atoms with E-state index in [1.54, 1.807) is 23.5 Å². The van der Waals surface area contributed by atoms with E-state index in [1.165, 1.54) is 16.7 Å². The average molecular weight is 719 g/mol. The Hall–Kier alpha value is -6.70. The topological polar surface area (TPSA) is 84.7 Å². The smallest absolute Gasteiger partial charge is 0.269 e. The molecule has 260 valence electrons. The summed E-state index contributed by atoms with van der Waals surface area (Å²) in [4.78, 5) is 25.8. The predicted octanol–water partition coefficient (Wildman–Crippen LogP) is 12.9. The fourth-order valence-corrected chi connectivity index (χ4v) is 8.36. The molecular weight excluding hydrogens is 685 g/mol. The van der Waals surface area contributed by atoms with Crippen LogP contribution in [0.3, 0.4) is 0 Å². The number of hydrogen-bond acceptors (Lipinski definition) is 5. The van der Waals surface area contributed by atoms with Crippen molar-refractivity contribution in [1.29, 1.82) is 0 Å². The average Bonchev–Trinajstić information content (AvgIpc) is 4.02. The molecule has 0 atom stereocenters. The summed E-state index contributed by atoms with van der Waals surface area (Å²) in [7, 11) is 0. The van der Waals surface area contributed by atoms with Crippen LogP contribution in [0.15, 0.2) is 121 Å². The van der Waals surface area contributed by atoms with Crippen molar-refractivity contribution in [3.05, 3.63) is 171 Å². The molecule has 0 saturated carbocycles. The van der Waals surface area contributed by atoms with Gasteiger partial charge >= 0.3 is 0 Å². The third kappa shape index (κ3) is 6.04. The predicted molar refractivity (Wildman–Crippen MR) is 225 cm³/mol. The Balaban J connectivity index is 1.45. The summed E-state index contributed by atoms with van der Waals surface area (Å²) in [5, 5.41) is 11.6. The van der Waals surface area contributed by atoms with Gasteiger partial charge in [-0.15, -0.1) is 11.3 Å². The van der Waals surface area contributed by atoms with Gasteiger partial charge in [0, 0.05) is 54.8 Å². The number of hydrogen-bond donors (Lipinski definition) is 1. The highest BCUT2D eigenvalue weighted by atomic mass is 32.1. The van der Waals surface area contributed by atoms with Crippen LogP contribution in [0.4, 0.5) is 5.69 Å². The molecule has 9 rings (SSSR count). The molecule has 2 aliphatic rings. The first-order chi connectivity index (χ1) is 26.3. The van der Waals surface area contributed by atoms with Crippen molar-refractivity contribution >= 4 is 61.8 Å². The van der Waals surface area contributed by atoms with Gasteiger partial charge in [0.1, 0.15) is 0 Å². The van der Waals surface area contributed by atoms with Crippen molar-refractivity contribution in [2.45, 2.75) is 20.8 Å². The largest absolute Gasteiger partial charge is 0.354 e. The Kier molecular flexibility index (Phi) is 8.21. The van der Waals surface area contributed by atoms with Gasteiger partial charge < -0.3 is 4.98 Å². The van der Waals surface area contributed by atoms with Crippen LogP contribution >= 0.6 is 11.3 Å². The number of nitrogens with one attached hydrogen (secondary N) is 1. The maximum Gasteiger partial charge on any atom is 0.269 e. The van der Waals surface area contributed by atoms with Crippen LogP contribution in [0.5, 0.6) is 0 Å². The standard InChI is InChI=1S/C47H34N4O2S/c1-28-4-10-31(11-5-28)44-36-20-21-37(48-36)45(32-12-6-29(2)7-13-32)39-23-25-41(50-39)47(34-16-18-35(19-17-34)51(52)53)43-27-26-42(54-43)46(40-24-22-38(44)49-40)33-14-8-30(3)9-15-33/h4-27,48H,1-3H3. The molecule has 3 aromatic heterocycles. The lowest BCUT2D eigenvalue weighted by atomic mass is 10.0. The Morgan fingerprint density at radius 1 is 0.463 bits per heavy atom. The molecule has 4 aromatic carbocycles. The second-order valence-corrected chi connectivity index (χ2v) is 14.9. The molecule has 2 aliphatic heterocycles. The molecule has 0 amide bonds. The van der Waals surface area contributed by atoms with E-state index >= 15 is 0 Å². The van der Waals surface area contributed by atoms with Gasteiger partial charge in [-0.2, -0.15) is 0 Å². The van der Waals surface area contributed by atoms with Gasteiger partial charge in [-0.1, -0.05) is 89.5 Å². The number of benzene rings is 4. The van der Waals surface area contributed by atoms with Crippen molar-refractivity contribution in [2.75, 3.05) is 0 Å². The monoisotopic (exact) mass is 718 g/mol. The summed E-state index contributed by atoms with van der Waals surface area (Å²) >= 11 is 1.67. The number of rotatable bonds is 5. The fraction of sp³-hybridized carbons (Fsp3) is 0.0638. The lowest BCUT2D eigenvalue weighted by molar-refractivity contribution is -0.384. The minimum absolute atomic E-state index is 0.0445. The van der Waals surface area contributed by atoms with Crippen LogP contribution < -0.4 is 0 Å². The van der Waals surface area contributed by atoms with Crippen molar-refractivity contribution < 1.29 is 4.92 Å². The molecule has 0 aliphatic carbocycles. The number of nitro groups is 1. The summed E-state index contributed by atoms with van der Waals surface area (Å²) in [5.74, 6) is 0. The summed E-state index contributed by atoms with van der Waals surface area (Å²) in [6.45, 7) is 6.29. The molecular formula is C47H34N4O2S. The molecule has 0 unspecified atom stereocenters. The highest BCUT2D eigenvalue weighted by Gasteiger charge is 2.19. The SMILES string of the molecule is Cc1ccc(-c2c3nc(c(-c4ccc(C)cc4)c4ccc(s4)c(-c4ccc([N+](=O)[O-])cc4)c4nc(c(-c5ccc(C)cc5)c5ccc2[nH]5)C=C4)C=C3)cc1. The van der Waals surface area contributed by atoms with Gasteiger partial charge in [-0.05, 0) is 104 Å². The number of nitro benzene ring substituents is 1. The maximum atomic E-state index is 11.6. The molecule has 7 aromatic rings. The number of nitrogens with zero attached hydrogens (tertiary/aromatic N) is 3. The first-order valence-corrected chi connectivity index (χ1v) is 18.6. The highest BCUT2D eigenvalue weighted by molar-refractivity contribution is 7.24. The molecule has 0 saturated heterocycles. The van der Waals surface area contributed by atoms with Crippen molar-refractivity contribution in [3.63, 3.8) is 0 Å². The molecule has 54 heavy (non-hydrogen) atoms. The summed E-state index contributed by atoms with van der Waals surface area (Å²) < 4.78 is 2.06. The van der Waals surface area contributed by atoms with Crippen LogP contribution in [-0.2, 0) is 0 Å². The van der Waals surface area contributed by atoms with Crippen LogP contribution in [0.25, 0.3) is 89.2 Å². The van der Waals surface area contributed by atoms with E-state index in [0.29, 0.717) is 0 Å². The minimum atomic E-state index is -0.366. The minimum Gasteiger partial charge on any atom is -0.354 e. The van der Waals surface area contributed by atoms with Gasteiger partial charge in [0.15, 0.2) is 0 Å². The van der Waals surface area contributed by atoms with E-state index in [9.17, 15) is 10.1 Å². The molecule has 6 nitrogen and oxygen atoms in total. The summed E-state index contributed by atoms with van der Waals surface area (Å²) in [5.41, 5.74) is 16.8. The lowest BCUT2D eigenvalue weighted by Crippen LogP contribution is -1.89.